The Balaban J connectivity index is 1.68. The summed E-state index contributed by atoms with van der Waals surface area (Å²) in [5, 5.41) is 3.67. The third-order valence-corrected chi connectivity index (χ3v) is 4.89. The molecule has 0 spiro atoms. The number of hydrogen-bond acceptors (Lipinski definition) is 3. The number of rotatable bonds is 8. The summed E-state index contributed by atoms with van der Waals surface area (Å²) in [6, 6.07) is 13.8. The van der Waals surface area contributed by atoms with Gasteiger partial charge in [0.15, 0.2) is 6.10 Å². The molecule has 25 heavy (non-hydrogen) atoms. The monoisotopic (exact) mass is 377 g/mol. The predicted octanol–water partition coefficient (Wildman–Crippen LogP) is 4.77. The van der Waals surface area contributed by atoms with E-state index in [1.54, 1.807) is 18.7 Å². The predicted molar refractivity (Wildman–Crippen MR) is 107 cm³/mol. The molecule has 0 saturated carbocycles. The van der Waals surface area contributed by atoms with Crippen LogP contribution in [0.2, 0.25) is 5.02 Å². The number of amides is 1. The molecule has 0 aromatic heterocycles. The minimum Gasteiger partial charge on any atom is -0.481 e. The van der Waals surface area contributed by atoms with Crippen molar-refractivity contribution in [3.05, 3.63) is 64.2 Å². The fourth-order valence-electron chi connectivity index (χ4n) is 2.42. The van der Waals surface area contributed by atoms with Gasteiger partial charge in [0.2, 0.25) is 0 Å². The highest BCUT2D eigenvalue weighted by Crippen LogP contribution is 2.18. The van der Waals surface area contributed by atoms with Gasteiger partial charge < -0.3 is 10.1 Å². The van der Waals surface area contributed by atoms with E-state index in [2.05, 4.69) is 11.4 Å². The van der Waals surface area contributed by atoms with Gasteiger partial charge in [0.1, 0.15) is 5.75 Å². The van der Waals surface area contributed by atoms with E-state index in [-0.39, 0.29) is 5.91 Å². The Hall–Kier alpha value is -1.65. The molecule has 0 aliphatic heterocycles. The smallest absolute Gasteiger partial charge is 0.260 e. The summed E-state index contributed by atoms with van der Waals surface area (Å²) in [4.78, 5) is 12.1. The molecule has 0 heterocycles. The van der Waals surface area contributed by atoms with Crippen molar-refractivity contribution in [2.45, 2.75) is 32.6 Å². The lowest BCUT2D eigenvalue weighted by Crippen LogP contribution is -2.37. The van der Waals surface area contributed by atoms with E-state index in [9.17, 15) is 4.79 Å². The molecule has 134 valence electrons. The molecular formula is C20H24ClNO2S. The molecule has 1 atom stereocenters. The molecule has 3 nitrogen and oxygen atoms in total. The van der Waals surface area contributed by atoms with E-state index >= 15 is 0 Å². The average molecular weight is 378 g/mol. The summed E-state index contributed by atoms with van der Waals surface area (Å²) in [5.41, 5.74) is 3.48. The summed E-state index contributed by atoms with van der Waals surface area (Å²) in [7, 11) is 0. The van der Waals surface area contributed by atoms with Gasteiger partial charge in [0, 0.05) is 23.1 Å². The van der Waals surface area contributed by atoms with Crippen LogP contribution < -0.4 is 10.1 Å². The largest absolute Gasteiger partial charge is 0.481 e. The van der Waals surface area contributed by atoms with Crippen LogP contribution in [-0.4, -0.2) is 24.3 Å². The van der Waals surface area contributed by atoms with E-state index in [0.717, 1.165) is 33.4 Å². The van der Waals surface area contributed by atoms with Crippen LogP contribution in [0.15, 0.2) is 42.5 Å². The van der Waals surface area contributed by atoms with Crippen molar-refractivity contribution in [2.24, 2.45) is 0 Å². The molecule has 2 aromatic carbocycles. The molecule has 0 aliphatic carbocycles. The third-order valence-electron chi connectivity index (χ3n) is 3.60. The van der Waals surface area contributed by atoms with Crippen molar-refractivity contribution in [3.8, 4) is 5.75 Å². The Morgan fingerprint density at radius 3 is 2.44 bits per heavy atom. The van der Waals surface area contributed by atoms with Crippen LogP contribution in [0, 0.1) is 13.8 Å². The van der Waals surface area contributed by atoms with E-state index in [4.69, 9.17) is 16.3 Å². The summed E-state index contributed by atoms with van der Waals surface area (Å²) >= 11 is 7.64. The minimum absolute atomic E-state index is 0.0914. The van der Waals surface area contributed by atoms with E-state index in [1.807, 2.05) is 50.2 Å². The molecule has 0 fully saturated rings. The normalized spacial score (nSPS) is 11.8. The van der Waals surface area contributed by atoms with Gasteiger partial charge in [-0.3, -0.25) is 4.79 Å². The van der Waals surface area contributed by atoms with Crippen LogP contribution in [-0.2, 0) is 10.5 Å². The van der Waals surface area contributed by atoms with Crippen molar-refractivity contribution in [2.75, 3.05) is 12.3 Å². The van der Waals surface area contributed by atoms with Crippen LogP contribution in [0.1, 0.15) is 23.6 Å². The standard InChI is InChI=1S/C20H24ClNO2S/c1-14-10-15(2)12-19(11-14)24-16(3)20(23)22-8-9-25-13-17-4-6-18(21)7-5-17/h4-7,10-12,16H,8-9,13H2,1-3H3,(H,22,23)/t16-/m0/s1. The summed E-state index contributed by atoms with van der Waals surface area (Å²) in [5.74, 6) is 2.40. The average Bonchev–Trinajstić information content (AvgIpc) is 2.55. The Labute approximate surface area is 159 Å². The molecule has 0 saturated heterocycles. The number of carbonyl (C=O) groups is 1. The fourth-order valence-corrected chi connectivity index (χ4v) is 3.36. The number of carbonyl (C=O) groups excluding carboxylic acids is 1. The molecule has 0 radical (unpaired) electrons. The SMILES string of the molecule is Cc1cc(C)cc(O[C@@H](C)C(=O)NCCSCc2ccc(Cl)cc2)c1. The quantitative estimate of drug-likeness (QED) is 0.673. The molecule has 2 aromatic rings. The highest BCUT2D eigenvalue weighted by atomic mass is 35.5. The molecule has 0 aliphatic rings. The first-order chi connectivity index (χ1) is 11.9. The molecular weight excluding hydrogens is 354 g/mol. The van der Waals surface area contributed by atoms with Crippen LogP contribution in [0.4, 0.5) is 0 Å². The molecule has 1 amide bonds. The maximum Gasteiger partial charge on any atom is 0.260 e. The summed E-state index contributed by atoms with van der Waals surface area (Å²) < 4.78 is 5.74. The molecule has 0 unspecified atom stereocenters. The van der Waals surface area contributed by atoms with Crippen LogP contribution in [0.25, 0.3) is 0 Å². The van der Waals surface area contributed by atoms with Gasteiger partial charge in [0.25, 0.3) is 5.91 Å². The number of hydrogen-bond donors (Lipinski definition) is 1. The van der Waals surface area contributed by atoms with Crippen molar-refractivity contribution < 1.29 is 9.53 Å². The van der Waals surface area contributed by atoms with E-state index in [0.29, 0.717) is 6.54 Å². The number of thioether (sulfide) groups is 1. The van der Waals surface area contributed by atoms with Gasteiger partial charge in [-0.1, -0.05) is 29.8 Å². The number of ether oxygens (including phenoxy) is 1. The zero-order valence-corrected chi connectivity index (χ0v) is 16.4. The first-order valence-corrected chi connectivity index (χ1v) is 9.82. The number of halogens is 1. The Morgan fingerprint density at radius 1 is 1.16 bits per heavy atom. The van der Waals surface area contributed by atoms with Crippen molar-refractivity contribution in [3.63, 3.8) is 0 Å². The lowest BCUT2D eigenvalue weighted by atomic mass is 10.1. The number of nitrogens with one attached hydrogen (secondary N) is 1. The van der Waals surface area contributed by atoms with Gasteiger partial charge in [-0.15, -0.1) is 0 Å². The molecule has 2 rings (SSSR count). The van der Waals surface area contributed by atoms with Gasteiger partial charge in [0.05, 0.1) is 0 Å². The highest BCUT2D eigenvalue weighted by Gasteiger charge is 2.14. The summed E-state index contributed by atoms with van der Waals surface area (Å²) in [6.45, 7) is 6.43. The maximum atomic E-state index is 12.1. The van der Waals surface area contributed by atoms with Crippen molar-refractivity contribution in [1.29, 1.82) is 0 Å². The Morgan fingerprint density at radius 2 is 1.80 bits per heavy atom. The van der Waals surface area contributed by atoms with Crippen LogP contribution in [0.5, 0.6) is 5.75 Å². The van der Waals surface area contributed by atoms with Crippen molar-refractivity contribution >= 4 is 29.3 Å². The zero-order chi connectivity index (χ0) is 18.2. The molecule has 1 N–H and O–H groups in total. The number of benzene rings is 2. The Bertz CT molecular complexity index is 683. The zero-order valence-electron chi connectivity index (χ0n) is 14.8. The minimum atomic E-state index is -0.512. The van der Waals surface area contributed by atoms with Crippen LogP contribution >= 0.6 is 23.4 Å². The third kappa shape index (κ3) is 7.00. The van der Waals surface area contributed by atoms with Crippen molar-refractivity contribution in [1.82, 2.24) is 5.32 Å². The fraction of sp³-hybridized carbons (Fsp3) is 0.350. The van der Waals surface area contributed by atoms with Gasteiger partial charge >= 0.3 is 0 Å². The second-order valence-electron chi connectivity index (χ2n) is 6.05. The maximum absolute atomic E-state index is 12.1. The number of aryl methyl sites for hydroxylation is 2. The highest BCUT2D eigenvalue weighted by molar-refractivity contribution is 7.98. The first-order valence-electron chi connectivity index (χ1n) is 8.29. The van der Waals surface area contributed by atoms with Crippen LogP contribution in [0.3, 0.4) is 0 Å². The molecule has 5 heteroatoms. The summed E-state index contributed by atoms with van der Waals surface area (Å²) in [6.07, 6.45) is -0.512. The second kappa shape index (κ2) is 9.73. The van der Waals surface area contributed by atoms with E-state index < -0.39 is 6.10 Å². The second-order valence-corrected chi connectivity index (χ2v) is 7.60. The van der Waals surface area contributed by atoms with Gasteiger partial charge in [-0.25, -0.2) is 0 Å². The Kier molecular flexibility index (Phi) is 7.66. The van der Waals surface area contributed by atoms with Gasteiger partial charge in [-0.2, -0.15) is 11.8 Å². The van der Waals surface area contributed by atoms with E-state index in [1.165, 1.54) is 5.56 Å². The van der Waals surface area contributed by atoms with Gasteiger partial charge in [-0.05, 0) is 61.7 Å². The molecule has 0 bridgehead atoms. The lowest BCUT2D eigenvalue weighted by Gasteiger charge is -2.15. The lowest BCUT2D eigenvalue weighted by molar-refractivity contribution is -0.127. The first kappa shape index (κ1) is 19.7. The topological polar surface area (TPSA) is 38.3 Å².